The molecule has 0 spiro atoms. The molecule has 2 aromatic carbocycles. The number of benzene rings is 2. The van der Waals surface area contributed by atoms with Crippen LogP contribution in [0.1, 0.15) is 43.7 Å². The van der Waals surface area contributed by atoms with Crippen molar-refractivity contribution in [2.75, 3.05) is 13.1 Å². The highest BCUT2D eigenvalue weighted by molar-refractivity contribution is 7.65. The minimum Gasteiger partial charge on any atom is -0.367 e. The normalized spacial score (nSPS) is 23.0. The van der Waals surface area contributed by atoms with Gasteiger partial charge >= 0.3 is 0 Å². The summed E-state index contributed by atoms with van der Waals surface area (Å²) in [6.45, 7) is 2.30. The quantitative estimate of drug-likeness (QED) is 0.528. The summed E-state index contributed by atoms with van der Waals surface area (Å²) in [6, 6.07) is 17.3. The van der Waals surface area contributed by atoms with Crippen molar-refractivity contribution in [3.63, 3.8) is 0 Å². The van der Waals surface area contributed by atoms with Gasteiger partial charge in [0.25, 0.3) is 5.91 Å². The predicted molar refractivity (Wildman–Crippen MR) is 139 cm³/mol. The Morgan fingerprint density at radius 2 is 1.53 bits per heavy atom. The molecule has 192 valence electrons. The molecule has 2 aromatic rings. The van der Waals surface area contributed by atoms with Crippen LogP contribution in [-0.2, 0) is 31.3 Å². The summed E-state index contributed by atoms with van der Waals surface area (Å²) in [5, 5.41) is -1.62. The average Bonchev–Trinajstić information content (AvgIpc) is 3.53. The predicted octanol–water partition coefficient (Wildman–Crippen LogP) is 2.89. The summed E-state index contributed by atoms with van der Waals surface area (Å²) in [7, 11) is -3.51. The van der Waals surface area contributed by atoms with E-state index in [-0.39, 0.29) is 37.1 Å². The molecule has 2 heterocycles. The van der Waals surface area contributed by atoms with Crippen molar-refractivity contribution in [3.8, 4) is 0 Å². The Morgan fingerprint density at radius 1 is 0.972 bits per heavy atom. The fourth-order valence-corrected chi connectivity index (χ4v) is 9.62. The Kier molecular flexibility index (Phi) is 7.67. The van der Waals surface area contributed by atoms with Gasteiger partial charge in [-0.3, -0.25) is 14.4 Å². The zero-order chi connectivity index (χ0) is 25.9. The summed E-state index contributed by atoms with van der Waals surface area (Å²) in [6.07, 6.45) is 2.17. The van der Waals surface area contributed by atoms with E-state index in [1.54, 1.807) is 6.92 Å². The van der Waals surface area contributed by atoms with Crippen LogP contribution in [0.25, 0.3) is 0 Å². The summed E-state index contributed by atoms with van der Waals surface area (Å²) in [4.78, 5) is 43.1. The summed E-state index contributed by atoms with van der Waals surface area (Å²) < 4.78 is 15.2. The second-order valence-corrected chi connectivity index (χ2v) is 13.1. The maximum atomic E-state index is 15.2. The van der Waals surface area contributed by atoms with Crippen LogP contribution < -0.4 is 11.5 Å². The van der Waals surface area contributed by atoms with Gasteiger partial charge in [0.2, 0.25) is 11.8 Å². The number of rotatable bonds is 8. The molecule has 2 fully saturated rings. The topological polar surface area (TPSA) is 127 Å². The molecule has 36 heavy (non-hydrogen) atoms. The van der Waals surface area contributed by atoms with Gasteiger partial charge in [0, 0.05) is 25.4 Å². The van der Waals surface area contributed by atoms with Crippen molar-refractivity contribution in [2.24, 2.45) is 11.5 Å². The number of carbonyl (C=O) groups is 3. The standard InChI is InChI=1S/C27H35N4O4P/c1-20(28)24(32)30-16-8-14-23(30)25(33)31-17-9-15-27(31,26(29)34)36(35,18-21-10-4-2-5-11-21)19-22-12-6-3-7-13-22/h2-7,10-13,20,23H,8-9,14-19,28H2,1H3,(H2,29,34)/t20-,23-,27+/m0/s1. The van der Waals surface area contributed by atoms with Crippen LogP contribution in [-0.4, -0.2) is 58.0 Å². The molecule has 0 bridgehead atoms. The number of hydrogen-bond donors (Lipinski definition) is 2. The smallest absolute Gasteiger partial charge is 0.251 e. The SMILES string of the molecule is C[C@H](N)C(=O)N1CCC[C@H]1C(=O)N1CCC[C@]1(C(N)=O)P(=O)(Cc1ccccc1)Cc1ccccc1. The van der Waals surface area contributed by atoms with Gasteiger partial charge < -0.3 is 25.8 Å². The van der Waals surface area contributed by atoms with Crippen molar-refractivity contribution in [1.29, 1.82) is 0 Å². The van der Waals surface area contributed by atoms with Crippen molar-refractivity contribution < 1.29 is 18.9 Å². The largest absolute Gasteiger partial charge is 0.367 e. The number of amides is 3. The molecule has 0 unspecified atom stereocenters. The second kappa shape index (κ2) is 10.6. The summed E-state index contributed by atoms with van der Waals surface area (Å²) >= 11 is 0. The fourth-order valence-electron chi connectivity index (χ4n) is 5.78. The molecule has 4 N–H and O–H groups in total. The van der Waals surface area contributed by atoms with Gasteiger partial charge in [-0.05, 0) is 43.7 Å². The van der Waals surface area contributed by atoms with Gasteiger partial charge in [-0.2, -0.15) is 0 Å². The van der Waals surface area contributed by atoms with Crippen LogP contribution >= 0.6 is 7.14 Å². The van der Waals surface area contributed by atoms with E-state index in [2.05, 4.69) is 0 Å². The van der Waals surface area contributed by atoms with Gasteiger partial charge in [-0.1, -0.05) is 60.7 Å². The van der Waals surface area contributed by atoms with Crippen LogP contribution in [0.2, 0.25) is 0 Å². The number of likely N-dealkylation sites (tertiary alicyclic amines) is 2. The average molecular weight is 511 g/mol. The summed E-state index contributed by atoms with van der Waals surface area (Å²) in [5.41, 5.74) is 13.6. The van der Waals surface area contributed by atoms with Crippen LogP contribution in [0.15, 0.2) is 60.7 Å². The zero-order valence-corrected chi connectivity index (χ0v) is 21.6. The van der Waals surface area contributed by atoms with Crippen molar-refractivity contribution in [2.45, 2.75) is 62.3 Å². The highest BCUT2D eigenvalue weighted by Crippen LogP contribution is 2.67. The number of nitrogens with two attached hydrogens (primary N) is 2. The van der Waals surface area contributed by atoms with Crippen LogP contribution in [0.3, 0.4) is 0 Å². The van der Waals surface area contributed by atoms with E-state index in [1.807, 2.05) is 60.7 Å². The fraction of sp³-hybridized carbons (Fsp3) is 0.444. The molecule has 2 aliphatic heterocycles. The van der Waals surface area contributed by atoms with Gasteiger partial charge in [-0.25, -0.2) is 0 Å². The van der Waals surface area contributed by atoms with Gasteiger partial charge in [0.15, 0.2) is 5.28 Å². The van der Waals surface area contributed by atoms with Crippen molar-refractivity contribution in [1.82, 2.24) is 9.80 Å². The van der Waals surface area contributed by atoms with E-state index >= 15 is 4.57 Å². The lowest BCUT2D eigenvalue weighted by Crippen LogP contribution is -2.60. The molecule has 2 aliphatic rings. The van der Waals surface area contributed by atoms with Gasteiger partial charge in [0.05, 0.1) is 6.04 Å². The van der Waals surface area contributed by atoms with Gasteiger partial charge in [0.1, 0.15) is 13.2 Å². The van der Waals surface area contributed by atoms with E-state index in [4.69, 9.17) is 11.5 Å². The van der Waals surface area contributed by atoms with E-state index in [1.165, 1.54) is 9.80 Å². The van der Waals surface area contributed by atoms with Crippen molar-refractivity contribution >= 4 is 24.9 Å². The highest BCUT2D eigenvalue weighted by atomic mass is 31.2. The Balaban J connectivity index is 1.78. The number of primary amides is 1. The molecule has 3 atom stereocenters. The Hall–Kier alpha value is -2.96. The van der Waals surface area contributed by atoms with E-state index in [0.29, 0.717) is 25.8 Å². The molecule has 0 aliphatic carbocycles. The molecular weight excluding hydrogens is 475 g/mol. The second-order valence-electron chi connectivity index (χ2n) is 9.93. The Labute approximate surface area is 212 Å². The minimum absolute atomic E-state index is 0.141. The monoisotopic (exact) mass is 510 g/mol. The van der Waals surface area contributed by atoms with Crippen LogP contribution in [0.4, 0.5) is 0 Å². The van der Waals surface area contributed by atoms with Crippen LogP contribution in [0, 0.1) is 0 Å². The lowest BCUT2D eigenvalue weighted by Gasteiger charge is -2.43. The third-order valence-electron chi connectivity index (χ3n) is 7.46. The molecule has 0 aromatic heterocycles. The number of carbonyl (C=O) groups excluding carboxylic acids is 3. The molecular formula is C27H35N4O4P. The van der Waals surface area contributed by atoms with E-state index in [9.17, 15) is 14.4 Å². The summed E-state index contributed by atoms with van der Waals surface area (Å²) in [5.74, 6) is -1.41. The van der Waals surface area contributed by atoms with Crippen molar-refractivity contribution in [3.05, 3.63) is 71.8 Å². The molecule has 8 nitrogen and oxygen atoms in total. The molecule has 0 saturated carbocycles. The minimum atomic E-state index is -3.51. The first-order valence-electron chi connectivity index (χ1n) is 12.5. The van der Waals surface area contributed by atoms with Gasteiger partial charge in [-0.15, -0.1) is 0 Å². The first-order valence-corrected chi connectivity index (χ1v) is 14.6. The van der Waals surface area contributed by atoms with Crippen LogP contribution in [0.5, 0.6) is 0 Å². The van der Waals surface area contributed by atoms with E-state index < -0.39 is 30.4 Å². The maximum Gasteiger partial charge on any atom is 0.251 e. The number of hydrogen-bond acceptors (Lipinski definition) is 5. The maximum absolute atomic E-state index is 15.2. The Morgan fingerprint density at radius 3 is 2.03 bits per heavy atom. The molecule has 4 rings (SSSR count). The molecule has 0 radical (unpaired) electrons. The Bertz CT molecular complexity index is 1110. The highest BCUT2D eigenvalue weighted by Gasteiger charge is 2.61. The molecule has 3 amide bonds. The first-order chi connectivity index (χ1) is 17.2. The van der Waals surface area contributed by atoms with E-state index in [0.717, 1.165) is 11.1 Å². The zero-order valence-electron chi connectivity index (χ0n) is 20.7. The number of nitrogens with zero attached hydrogens (tertiary/aromatic N) is 2. The first kappa shape index (κ1) is 26.1. The molecule has 2 saturated heterocycles. The third kappa shape index (κ3) is 4.72. The lowest BCUT2D eigenvalue weighted by molar-refractivity contribution is -0.147. The lowest BCUT2D eigenvalue weighted by atomic mass is 10.1. The third-order valence-corrected chi connectivity index (χ3v) is 11.2. The molecule has 9 heteroatoms.